The van der Waals surface area contributed by atoms with Crippen molar-refractivity contribution in [2.75, 3.05) is 18.0 Å². The number of aromatic nitrogens is 1. The monoisotopic (exact) mass is 236 g/mol. The van der Waals surface area contributed by atoms with Crippen molar-refractivity contribution in [3.63, 3.8) is 0 Å². The van der Waals surface area contributed by atoms with Crippen LogP contribution < -0.4 is 11.1 Å². The molecule has 0 saturated carbocycles. The van der Waals surface area contributed by atoms with Gasteiger partial charge in [0.2, 0.25) is 5.91 Å². The summed E-state index contributed by atoms with van der Waals surface area (Å²) in [7, 11) is 0. The van der Waals surface area contributed by atoms with Crippen LogP contribution in [0, 0.1) is 11.3 Å². The number of carbonyl (C=O) groups is 1. The molecule has 0 saturated heterocycles. The number of nitrogens with one attached hydrogen (secondary N) is 1. The van der Waals surface area contributed by atoms with Gasteiger partial charge in [-0.25, -0.2) is 0 Å². The second-order valence-corrected chi connectivity index (χ2v) is 3.98. The van der Waals surface area contributed by atoms with E-state index in [9.17, 15) is 4.79 Å². The number of carbonyl (C=O) groups excluding carboxylic acids is 1. The van der Waals surface area contributed by atoms with Crippen LogP contribution in [-0.4, -0.2) is 23.2 Å². The number of nitrogens with zero attached hydrogens (tertiary/aromatic N) is 2. The number of hydrogen-bond donors (Lipinski definition) is 2. The van der Waals surface area contributed by atoms with Crippen LogP contribution in [-0.2, 0) is 4.79 Å². The molecular formula is C10H12N4OS. The fourth-order valence-electron chi connectivity index (χ4n) is 0.978. The first-order chi connectivity index (χ1) is 7.74. The Labute approximate surface area is 98.0 Å². The second-order valence-electron chi connectivity index (χ2n) is 2.96. The minimum atomic E-state index is -0.100. The zero-order valence-corrected chi connectivity index (χ0v) is 9.46. The van der Waals surface area contributed by atoms with E-state index >= 15 is 0 Å². The highest BCUT2D eigenvalue weighted by atomic mass is 32.2. The third-order valence-corrected chi connectivity index (χ3v) is 2.82. The molecule has 0 aliphatic rings. The van der Waals surface area contributed by atoms with Crippen molar-refractivity contribution < 1.29 is 4.79 Å². The molecule has 3 N–H and O–H groups in total. The average Bonchev–Trinajstić information content (AvgIpc) is 2.28. The zero-order valence-electron chi connectivity index (χ0n) is 8.64. The minimum Gasteiger partial charge on any atom is -0.397 e. The number of pyridine rings is 1. The zero-order chi connectivity index (χ0) is 11.8. The molecule has 0 bridgehead atoms. The van der Waals surface area contributed by atoms with E-state index in [1.807, 2.05) is 6.07 Å². The molecule has 0 aliphatic heterocycles. The molecule has 1 aromatic heterocycles. The predicted octanol–water partition coefficient (Wildman–Crippen LogP) is 0.786. The summed E-state index contributed by atoms with van der Waals surface area (Å²) in [5, 5.41) is 10.9. The van der Waals surface area contributed by atoms with Crippen LogP contribution in [0.2, 0.25) is 0 Å². The van der Waals surface area contributed by atoms with Gasteiger partial charge in [-0.1, -0.05) is 0 Å². The molecule has 0 atom stereocenters. The molecule has 0 aromatic carbocycles. The van der Waals surface area contributed by atoms with Crippen LogP contribution in [0.25, 0.3) is 0 Å². The van der Waals surface area contributed by atoms with Gasteiger partial charge >= 0.3 is 0 Å². The Balaban J connectivity index is 2.32. The molecule has 84 valence electrons. The van der Waals surface area contributed by atoms with E-state index in [2.05, 4.69) is 10.3 Å². The van der Waals surface area contributed by atoms with Gasteiger partial charge in [-0.3, -0.25) is 9.78 Å². The van der Waals surface area contributed by atoms with Gasteiger partial charge in [-0.05, 0) is 6.07 Å². The summed E-state index contributed by atoms with van der Waals surface area (Å²) in [4.78, 5) is 16.0. The van der Waals surface area contributed by atoms with Gasteiger partial charge in [0.25, 0.3) is 0 Å². The van der Waals surface area contributed by atoms with Gasteiger partial charge in [0, 0.05) is 17.6 Å². The third kappa shape index (κ3) is 4.19. The first-order valence-corrected chi connectivity index (χ1v) is 5.68. The predicted molar refractivity (Wildman–Crippen MR) is 62.6 cm³/mol. The minimum absolute atomic E-state index is 0.100. The number of rotatable bonds is 5. The van der Waals surface area contributed by atoms with Gasteiger partial charge in [-0.15, -0.1) is 11.8 Å². The molecule has 5 nitrogen and oxygen atoms in total. The average molecular weight is 236 g/mol. The van der Waals surface area contributed by atoms with Crippen LogP contribution in [0.4, 0.5) is 5.69 Å². The molecule has 1 aromatic rings. The van der Waals surface area contributed by atoms with Gasteiger partial charge < -0.3 is 11.1 Å². The van der Waals surface area contributed by atoms with Crippen molar-refractivity contribution in [1.29, 1.82) is 5.26 Å². The Bertz CT molecular complexity index is 402. The molecule has 1 rings (SSSR count). The maximum atomic E-state index is 11.3. The van der Waals surface area contributed by atoms with Gasteiger partial charge in [-0.2, -0.15) is 5.26 Å². The second kappa shape index (κ2) is 6.69. The van der Waals surface area contributed by atoms with Crippen molar-refractivity contribution in [1.82, 2.24) is 10.3 Å². The van der Waals surface area contributed by atoms with E-state index < -0.39 is 0 Å². The number of amides is 1. The summed E-state index contributed by atoms with van der Waals surface area (Å²) >= 11 is 1.35. The molecule has 0 radical (unpaired) electrons. The molecule has 0 unspecified atom stereocenters. The van der Waals surface area contributed by atoms with E-state index in [4.69, 9.17) is 11.0 Å². The SMILES string of the molecule is N#CCCNC(=O)CSc1ccncc1N. The third-order valence-electron chi connectivity index (χ3n) is 1.73. The van der Waals surface area contributed by atoms with E-state index in [1.54, 1.807) is 18.5 Å². The number of nitrogens with two attached hydrogens (primary N) is 1. The highest BCUT2D eigenvalue weighted by Gasteiger charge is 2.04. The van der Waals surface area contributed by atoms with E-state index in [-0.39, 0.29) is 5.91 Å². The smallest absolute Gasteiger partial charge is 0.230 e. The molecule has 1 amide bonds. The number of thioether (sulfide) groups is 1. The fraction of sp³-hybridized carbons (Fsp3) is 0.300. The van der Waals surface area contributed by atoms with Crippen LogP contribution in [0.1, 0.15) is 6.42 Å². The lowest BCUT2D eigenvalue weighted by Gasteiger charge is -2.04. The maximum absolute atomic E-state index is 11.3. The van der Waals surface area contributed by atoms with Crippen molar-refractivity contribution in [2.45, 2.75) is 11.3 Å². The fourth-order valence-corrected chi connectivity index (χ4v) is 1.74. The summed E-state index contributed by atoms with van der Waals surface area (Å²) in [6.07, 6.45) is 3.51. The van der Waals surface area contributed by atoms with Crippen LogP contribution in [0.5, 0.6) is 0 Å². The van der Waals surface area contributed by atoms with Crippen molar-refractivity contribution in [3.05, 3.63) is 18.5 Å². The van der Waals surface area contributed by atoms with Gasteiger partial charge in [0.15, 0.2) is 0 Å². The normalized spacial score (nSPS) is 9.44. The number of anilines is 1. The van der Waals surface area contributed by atoms with E-state index in [1.165, 1.54) is 11.8 Å². The van der Waals surface area contributed by atoms with Crippen LogP contribution in [0.3, 0.4) is 0 Å². The summed E-state index contributed by atoms with van der Waals surface area (Å²) < 4.78 is 0. The Morgan fingerprint density at radius 2 is 2.50 bits per heavy atom. The Morgan fingerprint density at radius 1 is 1.69 bits per heavy atom. The van der Waals surface area contributed by atoms with Crippen LogP contribution in [0.15, 0.2) is 23.4 Å². The summed E-state index contributed by atoms with van der Waals surface area (Å²) in [5.74, 6) is 0.191. The quantitative estimate of drug-likeness (QED) is 0.582. The number of hydrogen-bond acceptors (Lipinski definition) is 5. The molecule has 0 spiro atoms. The Morgan fingerprint density at radius 3 is 3.19 bits per heavy atom. The largest absolute Gasteiger partial charge is 0.397 e. The highest BCUT2D eigenvalue weighted by molar-refractivity contribution is 8.00. The Hall–Kier alpha value is -1.74. The Kier molecular flexibility index (Phi) is 5.16. The first kappa shape index (κ1) is 12.3. The molecule has 0 fully saturated rings. The molecule has 0 aliphatic carbocycles. The van der Waals surface area contributed by atoms with Gasteiger partial charge in [0.1, 0.15) is 0 Å². The lowest BCUT2D eigenvalue weighted by atomic mass is 10.4. The van der Waals surface area contributed by atoms with E-state index in [0.717, 1.165) is 4.90 Å². The highest BCUT2D eigenvalue weighted by Crippen LogP contribution is 2.22. The summed E-state index contributed by atoms with van der Waals surface area (Å²) in [6, 6.07) is 3.72. The lowest BCUT2D eigenvalue weighted by Crippen LogP contribution is -2.25. The maximum Gasteiger partial charge on any atom is 0.230 e. The van der Waals surface area contributed by atoms with Crippen LogP contribution >= 0.6 is 11.8 Å². The van der Waals surface area contributed by atoms with Crippen molar-refractivity contribution in [3.8, 4) is 6.07 Å². The first-order valence-electron chi connectivity index (χ1n) is 4.70. The number of nitriles is 1. The van der Waals surface area contributed by atoms with Crippen molar-refractivity contribution in [2.24, 2.45) is 0 Å². The van der Waals surface area contributed by atoms with Gasteiger partial charge in [0.05, 0.1) is 30.1 Å². The topological polar surface area (TPSA) is 91.8 Å². The molecule has 6 heteroatoms. The lowest BCUT2D eigenvalue weighted by molar-refractivity contribution is -0.118. The molecule has 1 heterocycles. The van der Waals surface area contributed by atoms with Crippen molar-refractivity contribution >= 4 is 23.4 Å². The molecular weight excluding hydrogens is 224 g/mol. The standard InChI is InChI=1S/C10H12N4OS/c11-3-1-4-14-10(15)7-16-9-2-5-13-6-8(9)12/h2,5-6H,1,4,7,12H2,(H,14,15). The molecule has 16 heavy (non-hydrogen) atoms. The van der Waals surface area contributed by atoms with E-state index in [0.29, 0.717) is 24.4 Å². The summed E-state index contributed by atoms with van der Waals surface area (Å²) in [5.41, 5.74) is 6.24. The summed E-state index contributed by atoms with van der Waals surface area (Å²) in [6.45, 7) is 0.391. The number of nitrogen functional groups attached to an aromatic ring is 1.